The molecule has 30 heavy (non-hydrogen) atoms. The third kappa shape index (κ3) is 3.86. The summed E-state index contributed by atoms with van der Waals surface area (Å²) >= 11 is 6.21. The van der Waals surface area contributed by atoms with Crippen molar-refractivity contribution in [1.29, 1.82) is 0 Å². The van der Waals surface area contributed by atoms with Crippen molar-refractivity contribution < 1.29 is 13.2 Å². The molecule has 7 nitrogen and oxygen atoms in total. The highest BCUT2D eigenvalue weighted by molar-refractivity contribution is 7.89. The first-order valence-electron chi connectivity index (χ1n) is 9.44. The van der Waals surface area contributed by atoms with E-state index < -0.39 is 15.9 Å². The average Bonchev–Trinajstić information content (AvgIpc) is 3.04. The summed E-state index contributed by atoms with van der Waals surface area (Å²) in [6.07, 6.45) is 0.649. The Kier molecular flexibility index (Phi) is 5.40. The molecule has 2 heterocycles. The zero-order valence-electron chi connectivity index (χ0n) is 16.6. The number of carbonyl (C=O) groups is 1. The van der Waals surface area contributed by atoms with Crippen molar-refractivity contribution in [2.45, 2.75) is 24.8 Å². The first-order valence-corrected chi connectivity index (χ1v) is 11.3. The van der Waals surface area contributed by atoms with Crippen LogP contribution in [0.4, 0.5) is 5.82 Å². The summed E-state index contributed by atoms with van der Waals surface area (Å²) in [6.45, 7) is 2.50. The third-order valence-corrected chi connectivity index (χ3v) is 7.33. The van der Waals surface area contributed by atoms with Crippen LogP contribution in [0.3, 0.4) is 0 Å². The SMILES string of the molecule is Cc1cc(NC(=O)c2cc(S(=O)(=O)N3CCc4ccccc4C3)ccc2Cl)n(C)n1. The molecular weight excluding hydrogens is 424 g/mol. The normalized spacial score (nSPS) is 14.4. The lowest BCUT2D eigenvalue weighted by Crippen LogP contribution is -2.36. The zero-order valence-corrected chi connectivity index (χ0v) is 18.2. The highest BCUT2D eigenvalue weighted by Crippen LogP contribution is 2.28. The van der Waals surface area contributed by atoms with Gasteiger partial charge in [-0.3, -0.25) is 9.48 Å². The van der Waals surface area contributed by atoms with E-state index in [1.54, 1.807) is 13.1 Å². The number of rotatable bonds is 4. The number of carbonyl (C=O) groups excluding carboxylic acids is 1. The Balaban J connectivity index is 1.62. The van der Waals surface area contributed by atoms with Gasteiger partial charge in [-0.2, -0.15) is 9.40 Å². The van der Waals surface area contributed by atoms with Crippen LogP contribution in [0.1, 0.15) is 27.2 Å². The van der Waals surface area contributed by atoms with Crippen LogP contribution in [0.15, 0.2) is 53.4 Å². The van der Waals surface area contributed by atoms with Gasteiger partial charge in [0, 0.05) is 26.2 Å². The van der Waals surface area contributed by atoms with Gasteiger partial charge in [-0.05, 0) is 42.7 Å². The first-order chi connectivity index (χ1) is 14.3. The first kappa shape index (κ1) is 20.6. The number of nitrogens with one attached hydrogen (secondary N) is 1. The fraction of sp³-hybridized carbons (Fsp3) is 0.238. The van der Waals surface area contributed by atoms with E-state index in [0.717, 1.165) is 16.8 Å². The average molecular weight is 445 g/mol. The standard InChI is InChI=1S/C21H21ClN4O3S/c1-14-11-20(25(2)24-14)23-21(27)18-12-17(7-8-19(18)22)30(28,29)26-10-9-15-5-3-4-6-16(15)13-26/h3-8,11-12H,9-10,13H2,1-2H3,(H,23,27). The molecule has 0 saturated carbocycles. The van der Waals surface area contributed by atoms with Gasteiger partial charge in [0.2, 0.25) is 10.0 Å². The van der Waals surface area contributed by atoms with E-state index in [1.807, 2.05) is 31.2 Å². The van der Waals surface area contributed by atoms with Crippen LogP contribution in [0.5, 0.6) is 0 Å². The van der Waals surface area contributed by atoms with Crippen molar-refractivity contribution in [2.75, 3.05) is 11.9 Å². The van der Waals surface area contributed by atoms with E-state index in [2.05, 4.69) is 10.4 Å². The largest absolute Gasteiger partial charge is 0.307 e. The van der Waals surface area contributed by atoms with Crippen molar-refractivity contribution in [2.24, 2.45) is 7.05 Å². The van der Waals surface area contributed by atoms with Crippen LogP contribution in [0, 0.1) is 6.92 Å². The highest BCUT2D eigenvalue weighted by atomic mass is 35.5. The number of anilines is 1. The van der Waals surface area contributed by atoms with Gasteiger partial charge in [0.05, 0.1) is 21.2 Å². The number of aryl methyl sites for hydroxylation is 2. The lowest BCUT2D eigenvalue weighted by molar-refractivity contribution is 0.102. The summed E-state index contributed by atoms with van der Waals surface area (Å²) in [4.78, 5) is 12.8. The quantitative estimate of drug-likeness (QED) is 0.668. The molecule has 0 fully saturated rings. The number of hydrogen-bond acceptors (Lipinski definition) is 4. The minimum atomic E-state index is -3.78. The van der Waals surface area contributed by atoms with Gasteiger partial charge in [-0.1, -0.05) is 35.9 Å². The maximum atomic E-state index is 13.2. The molecule has 2 aromatic carbocycles. The number of halogens is 1. The van der Waals surface area contributed by atoms with E-state index >= 15 is 0 Å². The minimum absolute atomic E-state index is 0.0395. The van der Waals surface area contributed by atoms with Gasteiger partial charge in [-0.25, -0.2) is 8.42 Å². The molecule has 0 aliphatic carbocycles. The number of aromatic nitrogens is 2. The van der Waals surface area contributed by atoms with Crippen molar-refractivity contribution >= 4 is 33.3 Å². The van der Waals surface area contributed by atoms with Crippen LogP contribution < -0.4 is 5.32 Å². The molecule has 0 saturated heterocycles. The van der Waals surface area contributed by atoms with Crippen molar-refractivity contribution in [3.05, 3.63) is 75.9 Å². The molecule has 1 aliphatic heterocycles. The van der Waals surface area contributed by atoms with Gasteiger partial charge in [0.15, 0.2) is 0 Å². The second-order valence-corrected chi connectivity index (χ2v) is 9.59. The van der Waals surface area contributed by atoms with Gasteiger partial charge >= 0.3 is 0 Å². The summed E-state index contributed by atoms with van der Waals surface area (Å²) in [5, 5.41) is 7.09. The zero-order chi connectivity index (χ0) is 21.5. The summed E-state index contributed by atoms with van der Waals surface area (Å²) in [7, 11) is -2.07. The predicted octanol–water partition coefficient (Wildman–Crippen LogP) is 3.38. The molecule has 9 heteroatoms. The Morgan fingerprint density at radius 2 is 1.87 bits per heavy atom. The van der Waals surface area contributed by atoms with Crippen molar-refractivity contribution in [3.8, 4) is 0 Å². The van der Waals surface area contributed by atoms with Crippen molar-refractivity contribution in [1.82, 2.24) is 14.1 Å². The van der Waals surface area contributed by atoms with E-state index in [1.165, 1.54) is 27.2 Å². The molecule has 0 bridgehead atoms. The van der Waals surface area contributed by atoms with Crippen molar-refractivity contribution in [3.63, 3.8) is 0 Å². The summed E-state index contributed by atoms with van der Waals surface area (Å²) < 4.78 is 29.4. The number of hydrogen-bond donors (Lipinski definition) is 1. The number of fused-ring (bicyclic) bond motifs is 1. The van der Waals surface area contributed by atoms with Gasteiger partial charge in [0.1, 0.15) is 5.82 Å². The number of sulfonamides is 1. The molecule has 0 spiro atoms. The molecular formula is C21H21ClN4O3S. The molecule has 0 unspecified atom stereocenters. The van der Waals surface area contributed by atoms with E-state index in [9.17, 15) is 13.2 Å². The lowest BCUT2D eigenvalue weighted by atomic mass is 10.0. The molecule has 1 N–H and O–H groups in total. The van der Waals surface area contributed by atoms with Crippen LogP contribution in [-0.2, 0) is 30.0 Å². The van der Waals surface area contributed by atoms with Gasteiger partial charge < -0.3 is 5.32 Å². The van der Waals surface area contributed by atoms with E-state index in [-0.39, 0.29) is 15.5 Å². The van der Waals surface area contributed by atoms with Gasteiger partial charge in [0.25, 0.3) is 5.91 Å². The molecule has 156 valence electrons. The van der Waals surface area contributed by atoms with E-state index in [0.29, 0.717) is 25.3 Å². The van der Waals surface area contributed by atoms with E-state index in [4.69, 9.17) is 11.6 Å². The Morgan fingerprint density at radius 3 is 2.57 bits per heavy atom. The fourth-order valence-corrected chi connectivity index (χ4v) is 5.22. The second-order valence-electron chi connectivity index (χ2n) is 7.25. The molecule has 4 rings (SSSR count). The molecule has 3 aromatic rings. The Labute approximate surface area is 180 Å². The Hall–Kier alpha value is -2.68. The summed E-state index contributed by atoms with van der Waals surface area (Å²) in [5.41, 5.74) is 2.99. The Morgan fingerprint density at radius 1 is 1.13 bits per heavy atom. The smallest absolute Gasteiger partial charge is 0.258 e. The third-order valence-electron chi connectivity index (χ3n) is 5.16. The molecule has 1 aliphatic rings. The van der Waals surface area contributed by atoms with Crippen LogP contribution in [0.2, 0.25) is 5.02 Å². The number of benzene rings is 2. The maximum absolute atomic E-state index is 13.2. The molecule has 1 amide bonds. The second kappa shape index (κ2) is 7.86. The monoisotopic (exact) mass is 444 g/mol. The van der Waals surface area contributed by atoms with Crippen LogP contribution in [0.25, 0.3) is 0 Å². The van der Waals surface area contributed by atoms with Crippen LogP contribution in [-0.4, -0.2) is 35.0 Å². The highest BCUT2D eigenvalue weighted by Gasteiger charge is 2.29. The van der Waals surface area contributed by atoms with Gasteiger partial charge in [-0.15, -0.1) is 0 Å². The summed E-state index contributed by atoms with van der Waals surface area (Å²) in [5.74, 6) is -0.00139. The molecule has 0 radical (unpaired) electrons. The predicted molar refractivity (Wildman–Crippen MR) is 115 cm³/mol. The summed E-state index contributed by atoms with van der Waals surface area (Å²) in [6, 6.07) is 13.7. The molecule has 1 aromatic heterocycles. The molecule has 0 atom stereocenters. The number of nitrogens with zero attached hydrogens (tertiary/aromatic N) is 3. The lowest BCUT2D eigenvalue weighted by Gasteiger charge is -2.28. The number of amides is 1. The van der Waals surface area contributed by atoms with Crippen LogP contribution >= 0.6 is 11.6 Å². The maximum Gasteiger partial charge on any atom is 0.258 e. The minimum Gasteiger partial charge on any atom is -0.307 e. The topological polar surface area (TPSA) is 84.3 Å². The fourth-order valence-electron chi connectivity index (χ4n) is 3.57. The Bertz CT molecular complexity index is 1240.